The molecule has 0 bridgehead atoms. The zero-order valence-electron chi connectivity index (χ0n) is 11.6. The molecular weight excluding hydrogens is 228 g/mol. The van der Waals surface area contributed by atoms with Gasteiger partial charge < -0.3 is 15.0 Å². The molecule has 98 valence electrons. The maximum atomic E-state index is 6.01. The Morgan fingerprint density at radius 1 is 1.28 bits per heavy atom. The summed E-state index contributed by atoms with van der Waals surface area (Å²) >= 11 is 0. The number of ether oxygens (including phenoxy) is 1. The number of hydrogen-bond acceptors (Lipinski definition) is 4. The zero-order chi connectivity index (χ0) is 13.4. The molecule has 0 aliphatic rings. The van der Waals surface area contributed by atoms with Gasteiger partial charge in [-0.05, 0) is 33.3 Å². The van der Waals surface area contributed by atoms with Gasteiger partial charge in [0.05, 0.1) is 18.0 Å². The highest BCUT2D eigenvalue weighted by molar-refractivity contribution is 5.91. The third-order valence-electron chi connectivity index (χ3n) is 3.45. The third-order valence-corrected chi connectivity index (χ3v) is 3.45. The molecule has 2 N–H and O–H groups in total. The first kappa shape index (κ1) is 12.8. The van der Waals surface area contributed by atoms with Gasteiger partial charge >= 0.3 is 0 Å². The van der Waals surface area contributed by atoms with Gasteiger partial charge in [-0.2, -0.15) is 0 Å². The van der Waals surface area contributed by atoms with Crippen molar-refractivity contribution in [1.29, 1.82) is 0 Å². The minimum absolute atomic E-state index is 0.134. The number of aryl methyl sites for hydroxylation is 2. The van der Waals surface area contributed by atoms with Gasteiger partial charge in [-0.3, -0.25) is 0 Å². The van der Waals surface area contributed by atoms with Crippen molar-refractivity contribution in [3.63, 3.8) is 0 Å². The Labute approximate surface area is 107 Å². The molecule has 0 amide bonds. The lowest BCUT2D eigenvalue weighted by Crippen LogP contribution is -2.16. The molecule has 5 heteroatoms. The number of fused-ring (bicyclic) bond motifs is 1. The first-order valence-electron chi connectivity index (χ1n) is 6.08. The minimum Gasteiger partial charge on any atom is -0.383 e. The van der Waals surface area contributed by atoms with Crippen molar-refractivity contribution >= 4 is 16.9 Å². The monoisotopic (exact) mass is 248 g/mol. The van der Waals surface area contributed by atoms with Crippen LogP contribution in [0.25, 0.3) is 11.0 Å². The maximum absolute atomic E-state index is 6.01. The Morgan fingerprint density at radius 3 is 2.56 bits per heavy atom. The predicted octanol–water partition coefficient (Wildman–Crippen LogP) is 1.97. The molecule has 18 heavy (non-hydrogen) atoms. The molecule has 2 rings (SSSR count). The third kappa shape index (κ3) is 1.95. The zero-order valence-corrected chi connectivity index (χ0v) is 11.6. The lowest BCUT2D eigenvalue weighted by atomic mass is 10.2. The summed E-state index contributed by atoms with van der Waals surface area (Å²) in [5.41, 5.74) is 9.22. The highest BCUT2D eigenvalue weighted by Gasteiger charge is 2.17. The van der Waals surface area contributed by atoms with Crippen LogP contribution >= 0.6 is 0 Å². The maximum Gasteiger partial charge on any atom is 0.146 e. The Bertz CT molecular complexity index is 588. The summed E-state index contributed by atoms with van der Waals surface area (Å²) in [4.78, 5) is 8.76. The molecule has 1 atom stereocenters. The molecule has 1 unspecified atom stereocenters. The van der Waals surface area contributed by atoms with Crippen molar-refractivity contribution in [3.05, 3.63) is 17.1 Å². The van der Waals surface area contributed by atoms with Crippen LogP contribution in [0.1, 0.15) is 24.0 Å². The Hall–Kier alpha value is -1.62. The molecule has 0 saturated heterocycles. The van der Waals surface area contributed by atoms with Crippen LogP contribution in [0.5, 0.6) is 0 Å². The molecule has 2 aromatic heterocycles. The summed E-state index contributed by atoms with van der Waals surface area (Å²) in [6.07, 6.45) is 0.134. The average Bonchev–Trinajstić information content (AvgIpc) is 2.54. The van der Waals surface area contributed by atoms with Crippen LogP contribution in [-0.4, -0.2) is 27.7 Å². The Morgan fingerprint density at radius 2 is 1.94 bits per heavy atom. The largest absolute Gasteiger partial charge is 0.383 e. The number of nitrogens with two attached hydrogens (primary N) is 1. The van der Waals surface area contributed by atoms with Crippen LogP contribution in [-0.2, 0) is 11.3 Å². The van der Waals surface area contributed by atoms with Crippen LogP contribution in [0, 0.1) is 20.8 Å². The molecule has 0 fully saturated rings. The van der Waals surface area contributed by atoms with E-state index in [1.807, 2.05) is 13.8 Å². The summed E-state index contributed by atoms with van der Waals surface area (Å²) in [6.45, 7) is 8.80. The summed E-state index contributed by atoms with van der Waals surface area (Å²) < 4.78 is 7.49. The summed E-state index contributed by atoms with van der Waals surface area (Å²) in [7, 11) is 1.72. The van der Waals surface area contributed by atoms with Gasteiger partial charge in [-0.15, -0.1) is 0 Å². The van der Waals surface area contributed by atoms with E-state index in [2.05, 4.69) is 28.4 Å². The van der Waals surface area contributed by atoms with Crippen LogP contribution in [0.4, 0.5) is 5.82 Å². The second-order valence-electron chi connectivity index (χ2n) is 4.72. The van der Waals surface area contributed by atoms with E-state index < -0.39 is 0 Å². The predicted molar refractivity (Wildman–Crippen MR) is 72.6 cm³/mol. The molecule has 2 aromatic rings. The number of anilines is 1. The molecular formula is C13H20N4O. The molecule has 2 heterocycles. The van der Waals surface area contributed by atoms with Gasteiger partial charge in [0.25, 0.3) is 0 Å². The van der Waals surface area contributed by atoms with Gasteiger partial charge in [0.15, 0.2) is 0 Å². The molecule has 0 aliphatic heterocycles. The molecule has 0 aliphatic carbocycles. The highest BCUT2D eigenvalue weighted by Crippen LogP contribution is 2.27. The first-order valence-corrected chi connectivity index (χ1v) is 6.08. The van der Waals surface area contributed by atoms with E-state index in [4.69, 9.17) is 10.5 Å². The van der Waals surface area contributed by atoms with E-state index in [0.29, 0.717) is 11.6 Å². The highest BCUT2D eigenvalue weighted by atomic mass is 16.5. The topological polar surface area (TPSA) is 66.0 Å². The fraction of sp³-hybridized carbons (Fsp3) is 0.538. The molecule has 0 spiro atoms. The summed E-state index contributed by atoms with van der Waals surface area (Å²) in [5, 5.41) is 0.960. The number of rotatable bonds is 3. The fourth-order valence-corrected chi connectivity index (χ4v) is 2.23. The first-order chi connectivity index (χ1) is 8.45. The lowest BCUT2D eigenvalue weighted by Gasteiger charge is -2.13. The summed E-state index contributed by atoms with van der Waals surface area (Å²) in [5.74, 6) is 1.26. The van der Waals surface area contributed by atoms with E-state index in [0.717, 1.165) is 23.1 Å². The van der Waals surface area contributed by atoms with E-state index >= 15 is 0 Å². The van der Waals surface area contributed by atoms with Gasteiger partial charge in [0.1, 0.15) is 17.3 Å². The van der Waals surface area contributed by atoms with Gasteiger partial charge in [0.2, 0.25) is 0 Å². The van der Waals surface area contributed by atoms with Crippen LogP contribution < -0.4 is 5.73 Å². The van der Waals surface area contributed by atoms with E-state index in [-0.39, 0.29) is 6.10 Å². The van der Waals surface area contributed by atoms with Crippen LogP contribution in [0.2, 0.25) is 0 Å². The molecule has 0 saturated carbocycles. The van der Waals surface area contributed by atoms with Crippen molar-refractivity contribution in [1.82, 2.24) is 14.5 Å². The molecule has 0 radical (unpaired) electrons. The second-order valence-corrected chi connectivity index (χ2v) is 4.72. The van der Waals surface area contributed by atoms with Crippen molar-refractivity contribution in [2.45, 2.75) is 40.3 Å². The molecule has 5 nitrogen and oxygen atoms in total. The van der Waals surface area contributed by atoms with Crippen molar-refractivity contribution in [3.8, 4) is 0 Å². The van der Waals surface area contributed by atoms with Gasteiger partial charge in [-0.25, -0.2) is 9.97 Å². The lowest BCUT2D eigenvalue weighted by molar-refractivity contribution is 0.104. The number of nitrogen functional groups attached to an aromatic ring is 1. The van der Waals surface area contributed by atoms with Crippen molar-refractivity contribution in [2.75, 3.05) is 12.8 Å². The summed E-state index contributed by atoms with van der Waals surface area (Å²) in [6, 6.07) is 0. The Kier molecular flexibility index (Phi) is 3.26. The number of aromatic nitrogens is 3. The van der Waals surface area contributed by atoms with Crippen molar-refractivity contribution in [2.24, 2.45) is 0 Å². The second kappa shape index (κ2) is 4.57. The van der Waals surface area contributed by atoms with Gasteiger partial charge in [0, 0.05) is 12.8 Å². The molecule has 0 aromatic carbocycles. The van der Waals surface area contributed by atoms with Crippen molar-refractivity contribution < 1.29 is 4.74 Å². The van der Waals surface area contributed by atoms with E-state index in [9.17, 15) is 0 Å². The van der Waals surface area contributed by atoms with Crippen LogP contribution in [0.15, 0.2) is 0 Å². The number of nitrogens with zero attached hydrogens (tertiary/aromatic N) is 3. The van der Waals surface area contributed by atoms with E-state index in [1.165, 1.54) is 5.69 Å². The standard InChI is InChI=1S/C13H20N4O/c1-7(18-5)6-17-9(3)8(2)11-12(14)15-10(4)16-13(11)17/h7H,6H2,1-5H3,(H2,14,15,16). The Balaban J connectivity index is 2.69. The smallest absolute Gasteiger partial charge is 0.146 e. The number of methoxy groups -OCH3 is 1. The van der Waals surface area contributed by atoms with E-state index in [1.54, 1.807) is 7.11 Å². The minimum atomic E-state index is 0.134. The fourth-order valence-electron chi connectivity index (χ4n) is 2.23. The van der Waals surface area contributed by atoms with Gasteiger partial charge in [-0.1, -0.05) is 0 Å². The quantitative estimate of drug-likeness (QED) is 0.902. The normalized spacial score (nSPS) is 13.2. The SMILES string of the molecule is COC(C)Cn1c(C)c(C)c2c(N)nc(C)nc21. The van der Waals surface area contributed by atoms with Crippen LogP contribution in [0.3, 0.4) is 0 Å². The number of hydrogen-bond donors (Lipinski definition) is 1. The average molecular weight is 248 g/mol.